The molecule has 1 fully saturated rings. The van der Waals surface area contributed by atoms with Gasteiger partial charge in [0.25, 0.3) is 0 Å². The largest absolute Gasteiger partial charge is 0.365 e. The molecule has 0 aromatic carbocycles. The number of nitrogens with zero attached hydrogens (tertiary/aromatic N) is 1. The van der Waals surface area contributed by atoms with E-state index in [0.29, 0.717) is 0 Å². The van der Waals surface area contributed by atoms with E-state index in [9.17, 15) is 0 Å². The third-order valence-corrected chi connectivity index (χ3v) is 2.17. The van der Waals surface area contributed by atoms with Gasteiger partial charge in [-0.05, 0) is 31.0 Å². The lowest BCUT2D eigenvalue weighted by Crippen LogP contribution is -2.04. The second kappa shape index (κ2) is 2.05. The second-order valence-electron chi connectivity index (χ2n) is 3.21. The molecular weight excluding hydrogens is 138 g/mol. The number of aryl methyl sites for hydroxylation is 1. The zero-order chi connectivity index (χ0) is 7.90. The van der Waals surface area contributed by atoms with Crippen molar-refractivity contribution in [1.29, 1.82) is 0 Å². The summed E-state index contributed by atoms with van der Waals surface area (Å²) in [6.45, 7) is 5.02. The maximum atomic E-state index is 5.34. The standard InChI is InChI=1S/C9H11NO/c1-7-5-10-4-3-8(7)9(2)6-11-9/h3-5H,6H2,1-2H3. The normalized spacial score (nSPS) is 28.5. The van der Waals surface area contributed by atoms with Gasteiger partial charge >= 0.3 is 0 Å². The lowest BCUT2D eigenvalue weighted by molar-refractivity contribution is 0.328. The molecule has 0 N–H and O–H groups in total. The summed E-state index contributed by atoms with van der Waals surface area (Å²) in [6.07, 6.45) is 3.69. The Morgan fingerprint density at radius 2 is 2.36 bits per heavy atom. The lowest BCUT2D eigenvalue weighted by Gasteiger charge is -2.07. The minimum absolute atomic E-state index is 0.00692. The Bertz CT molecular complexity index is 279. The first-order chi connectivity index (χ1) is 5.22. The van der Waals surface area contributed by atoms with Crippen LogP contribution in [0.15, 0.2) is 18.5 Å². The number of pyridine rings is 1. The van der Waals surface area contributed by atoms with Crippen LogP contribution in [0.1, 0.15) is 18.1 Å². The van der Waals surface area contributed by atoms with E-state index in [1.165, 1.54) is 11.1 Å². The van der Waals surface area contributed by atoms with Gasteiger partial charge in [0.1, 0.15) is 5.60 Å². The topological polar surface area (TPSA) is 25.4 Å². The van der Waals surface area contributed by atoms with Crippen molar-refractivity contribution in [2.75, 3.05) is 6.61 Å². The van der Waals surface area contributed by atoms with Gasteiger partial charge in [-0.15, -0.1) is 0 Å². The summed E-state index contributed by atoms with van der Waals surface area (Å²) < 4.78 is 5.34. The Kier molecular flexibility index (Phi) is 1.26. The molecule has 2 heteroatoms. The Labute approximate surface area is 66.2 Å². The fraction of sp³-hybridized carbons (Fsp3) is 0.444. The van der Waals surface area contributed by atoms with Crippen molar-refractivity contribution in [3.63, 3.8) is 0 Å². The van der Waals surface area contributed by atoms with Crippen molar-refractivity contribution >= 4 is 0 Å². The van der Waals surface area contributed by atoms with Crippen LogP contribution in [0.3, 0.4) is 0 Å². The minimum atomic E-state index is -0.00692. The molecule has 0 spiro atoms. The van der Waals surface area contributed by atoms with Crippen LogP contribution in [0.4, 0.5) is 0 Å². The monoisotopic (exact) mass is 149 g/mol. The van der Waals surface area contributed by atoms with Crippen LogP contribution in [-0.2, 0) is 10.3 Å². The molecule has 0 saturated carbocycles. The number of hydrogen-bond acceptors (Lipinski definition) is 2. The van der Waals surface area contributed by atoms with Gasteiger partial charge in [-0.1, -0.05) is 0 Å². The summed E-state index contributed by atoms with van der Waals surface area (Å²) in [6, 6.07) is 2.03. The molecule has 1 aromatic heterocycles. The molecule has 58 valence electrons. The molecule has 0 amide bonds. The molecule has 0 bridgehead atoms. The van der Waals surface area contributed by atoms with E-state index in [1.54, 1.807) is 0 Å². The lowest BCUT2D eigenvalue weighted by atomic mass is 9.99. The molecule has 1 aromatic rings. The van der Waals surface area contributed by atoms with E-state index >= 15 is 0 Å². The van der Waals surface area contributed by atoms with Crippen molar-refractivity contribution < 1.29 is 4.74 Å². The predicted octanol–water partition coefficient (Wildman–Crippen LogP) is 1.64. The van der Waals surface area contributed by atoms with Crippen LogP contribution in [0.5, 0.6) is 0 Å². The molecule has 1 unspecified atom stereocenters. The Morgan fingerprint density at radius 3 is 2.91 bits per heavy atom. The average Bonchev–Trinajstić information content (AvgIpc) is 2.70. The van der Waals surface area contributed by atoms with Crippen LogP contribution in [0, 0.1) is 6.92 Å². The zero-order valence-electron chi connectivity index (χ0n) is 6.79. The minimum Gasteiger partial charge on any atom is -0.365 e. The first-order valence-electron chi connectivity index (χ1n) is 3.77. The quantitative estimate of drug-likeness (QED) is 0.567. The van der Waals surface area contributed by atoms with E-state index in [4.69, 9.17) is 4.74 Å². The van der Waals surface area contributed by atoms with E-state index in [1.807, 2.05) is 18.5 Å². The van der Waals surface area contributed by atoms with Crippen molar-refractivity contribution in [3.8, 4) is 0 Å². The van der Waals surface area contributed by atoms with Crippen molar-refractivity contribution in [2.45, 2.75) is 19.4 Å². The highest BCUT2D eigenvalue weighted by atomic mass is 16.6. The van der Waals surface area contributed by atoms with E-state index in [2.05, 4.69) is 18.8 Å². The molecule has 2 nitrogen and oxygen atoms in total. The van der Waals surface area contributed by atoms with E-state index < -0.39 is 0 Å². The number of ether oxygens (including phenoxy) is 1. The Morgan fingerprint density at radius 1 is 1.64 bits per heavy atom. The summed E-state index contributed by atoms with van der Waals surface area (Å²) in [4.78, 5) is 4.03. The van der Waals surface area contributed by atoms with Crippen molar-refractivity contribution in [3.05, 3.63) is 29.6 Å². The highest BCUT2D eigenvalue weighted by molar-refractivity contribution is 5.30. The first-order valence-corrected chi connectivity index (χ1v) is 3.77. The fourth-order valence-electron chi connectivity index (χ4n) is 1.33. The molecule has 1 aliphatic rings. The maximum Gasteiger partial charge on any atom is 0.114 e. The van der Waals surface area contributed by atoms with Gasteiger partial charge in [-0.3, -0.25) is 4.98 Å². The smallest absolute Gasteiger partial charge is 0.114 e. The summed E-state index contributed by atoms with van der Waals surface area (Å²) in [5.41, 5.74) is 2.48. The SMILES string of the molecule is Cc1cnccc1C1(C)CO1. The second-order valence-corrected chi connectivity index (χ2v) is 3.21. The average molecular weight is 149 g/mol. The van der Waals surface area contributed by atoms with E-state index in [0.717, 1.165) is 6.61 Å². The van der Waals surface area contributed by atoms with Crippen LogP contribution >= 0.6 is 0 Å². The van der Waals surface area contributed by atoms with Gasteiger partial charge in [0, 0.05) is 12.4 Å². The van der Waals surface area contributed by atoms with Gasteiger partial charge < -0.3 is 4.74 Å². The third-order valence-electron chi connectivity index (χ3n) is 2.17. The summed E-state index contributed by atoms with van der Waals surface area (Å²) in [7, 11) is 0. The molecule has 2 rings (SSSR count). The molecule has 1 aliphatic heterocycles. The molecule has 11 heavy (non-hydrogen) atoms. The third kappa shape index (κ3) is 1.03. The van der Waals surface area contributed by atoms with Gasteiger partial charge in [-0.2, -0.15) is 0 Å². The fourth-order valence-corrected chi connectivity index (χ4v) is 1.33. The maximum absolute atomic E-state index is 5.34. The highest BCUT2D eigenvalue weighted by Crippen LogP contribution is 2.38. The van der Waals surface area contributed by atoms with Gasteiger partial charge in [-0.25, -0.2) is 0 Å². The summed E-state index contributed by atoms with van der Waals surface area (Å²) in [5, 5.41) is 0. The number of aromatic nitrogens is 1. The van der Waals surface area contributed by atoms with Gasteiger partial charge in [0.05, 0.1) is 6.61 Å². The van der Waals surface area contributed by atoms with E-state index in [-0.39, 0.29) is 5.60 Å². The van der Waals surface area contributed by atoms with Crippen molar-refractivity contribution in [1.82, 2.24) is 4.98 Å². The number of rotatable bonds is 1. The first kappa shape index (κ1) is 6.80. The van der Waals surface area contributed by atoms with Crippen LogP contribution in [-0.4, -0.2) is 11.6 Å². The van der Waals surface area contributed by atoms with Crippen LogP contribution < -0.4 is 0 Å². The Hall–Kier alpha value is -0.890. The molecule has 0 aliphatic carbocycles. The predicted molar refractivity (Wildman–Crippen MR) is 42.3 cm³/mol. The van der Waals surface area contributed by atoms with Gasteiger partial charge in [0.2, 0.25) is 0 Å². The zero-order valence-corrected chi connectivity index (χ0v) is 6.79. The van der Waals surface area contributed by atoms with Crippen molar-refractivity contribution in [2.24, 2.45) is 0 Å². The Balaban J connectivity index is 2.45. The van der Waals surface area contributed by atoms with Crippen LogP contribution in [0.25, 0.3) is 0 Å². The molecule has 2 heterocycles. The number of epoxide rings is 1. The summed E-state index contributed by atoms with van der Waals surface area (Å²) >= 11 is 0. The molecule has 0 radical (unpaired) electrons. The molecule has 1 saturated heterocycles. The number of hydrogen-bond donors (Lipinski definition) is 0. The highest BCUT2D eigenvalue weighted by Gasteiger charge is 2.41. The summed E-state index contributed by atoms with van der Waals surface area (Å²) in [5.74, 6) is 0. The van der Waals surface area contributed by atoms with Crippen LogP contribution in [0.2, 0.25) is 0 Å². The van der Waals surface area contributed by atoms with Gasteiger partial charge in [0.15, 0.2) is 0 Å². The molecule has 1 atom stereocenters. The molecular formula is C9H11NO.